The van der Waals surface area contributed by atoms with Gasteiger partial charge in [0.05, 0.1) is 19.5 Å². The van der Waals surface area contributed by atoms with Crippen molar-refractivity contribution < 1.29 is 9.16 Å². The summed E-state index contributed by atoms with van der Waals surface area (Å²) in [7, 11) is -1.65. The average molecular weight is 292 g/mol. The Hall–Kier alpha value is -1.06. The molecule has 0 unspecified atom stereocenters. The Morgan fingerprint density at radius 2 is 1.75 bits per heavy atom. The summed E-state index contributed by atoms with van der Waals surface area (Å²) in [4.78, 5) is 0. The fourth-order valence-corrected chi connectivity index (χ4v) is 2.17. The molecule has 20 heavy (non-hydrogen) atoms. The molecule has 0 fully saturated rings. The third-order valence-electron chi connectivity index (χ3n) is 3.81. The molecule has 1 aromatic rings. The van der Waals surface area contributed by atoms with Crippen molar-refractivity contribution in [1.29, 1.82) is 0 Å². The van der Waals surface area contributed by atoms with Gasteiger partial charge in [0, 0.05) is 0 Å². The highest BCUT2D eigenvalue weighted by Crippen LogP contribution is 2.36. The Bertz CT molecular complexity index is 405. The Labute approximate surface area is 124 Å². The molecule has 0 aromatic heterocycles. The Kier molecular flexibility index (Phi) is 6.50. The summed E-state index contributed by atoms with van der Waals surface area (Å²) in [5, 5.41) is 0.251. The van der Waals surface area contributed by atoms with E-state index in [1.165, 1.54) is 5.56 Å². The second-order valence-electron chi connectivity index (χ2n) is 6.58. The minimum atomic E-state index is -1.65. The molecule has 0 saturated carbocycles. The molecule has 0 spiro atoms. The number of benzene rings is 1. The molecule has 0 bridgehead atoms. The van der Waals surface area contributed by atoms with E-state index in [4.69, 9.17) is 9.16 Å². The average Bonchev–Trinajstić information content (AvgIpc) is 2.37. The van der Waals surface area contributed by atoms with Gasteiger partial charge in [-0.05, 0) is 36.2 Å². The van der Waals surface area contributed by atoms with Gasteiger partial charge in [0.2, 0.25) is 8.32 Å². The Morgan fingerprint density at radius 1 is 1.10 bits per heavy atom. The molecule has 2 nitrogen and oxygen atoms in total. The van der Waals surface area contributed by atoms with Gasteiger partial charge in [-0.2, -0.15) is 0 Å². The molecule has 0 N–H and O–H groups in total. The van der Waals surface area contributed by atoms with Crippen LogP contribution in [0.4, 0.5) is 0 Å². The highest BCUT2D eigenvalue weighted by atomic mass is 28.4. The van der Waals surface area contributed by atoms with Crippen LogP contribution >= 0.6 is 0 Å². The van der Waals surface area contributed by atoms with Gasteiger partial charge < -0.3 is 9.16 Å². The molecule has 0 aliphatic rings. The maximum absolute atomic E-state index is 5.96. The van der Waals surface area contributed by atoms with Crippen LogP contribution in [0.3, 0.4) is 0 Å². The quantitative estimate of drug-likeness (QED) is 0.394. The maximum atomic E-state index is 5.96. The third kappa shape index (κ3) is 5.93. The zero-order valence-electron chi connectivity index (χ0n) is 13.5. The lowest BCUT2D eigenvalue weighted by atomic mass is 10.2. The molecule has 0 radical (unpaired) electrons. The lowest BCUT2D eigenvalue weighted by molar-refractivity contribution is 0.125. The molecular weight excluding hydrogens is 264 g/mol. The van der Waals surface area contributed by atoms with Gasteiger partial charge in [-0.25, -0.2) is 0 Å². The molecular formula is C17H28O2Si. The molecule has 0 amide bonds. The van der Waals surface area contributed by atoms with Crippen LogP contribution in [0.5, 0.6) is 0 Å². The van der Waals surface area contributed by atoms with Crippen LogP contribution in [0, 0.1) is 0 Å². The molecule has 1 rings (SSSR count). The van der Waals surface area contributed by atoms with Crippen molar-refractivity contribution in [3.8, 4) is 0 Å². The minimum absolute atomic E-state index is 0.251. The Balaban J connectivity index is 2.17. The van der Waals surface area contributed by atoms with Crippen molar-refractivity contribution in [2.24, 2.45) is 0 Å². The summed E-state index contributed by atoms with van der Waals surface area (Å²) in [6.07, 6.45) is 4.82. The maximum Gasteiger partial charge on any atom is 0.249 e. The summed E-state index contributed by atoms with van der Waals surface area (Å²) >= 11 is 0. The third-order valence-corrected chi connectivity index (χ3v) is 8.14. The van der Waals surface area contributed by atoms with Crippen LogP contribution < -0.4 is 0 Å². The van der Waals surface area contributed by atoms with E-state index in [1.54, 1.807) is 0 Å². The highest BCUT2D eigenvalue weighted by molar-refractivity contribution is 6.74. The topological polar surface area (TPSA) is 18.5 Å². The van der Waals surface area contributed by atoms with E-state index in [0.717, 1.165) is 13.0 Å². The monoisotopic (exact) mass is 292 g/mol. The largest absolute Gasteiger partial charge is 0.549 e. The van der Waals surface area contributed by atoms with Crippen molar-refractivity contribution >= 4 is 8.32 Å². The first-order valence-corrected chi connectivity index (χ1v) is 10.2. The van der Waals surface area contributed by atoms with E-state index in [1.807, 2.05) is 24.5 Å². The molecule has 112 valence electrons. The molecule has 3 heteroatoms. The van der Waals surface area contributed by atoms with E-state index >= 15 is 0 Å². The van der Waals surface area contributed by atoms with Gasteiger partial charge in [0.25, 0.3) is 0 Å². The number of hydrogen-bond acceptors (Lipinski definition) is 2. The van der Waals surface area contributed by atoms with E-state index in [2.05, 4.69) is 52.1 Å². The van der Waals surface area contributed by atoms with Crippen molar-refractivity contribution in [2.75, 3.05) is 6.61 Å². The Morgan fingerprint density at radius 3 is 2.35 bits per heavy atom. The molecule has 0 heterocycles. The first kappa shape index (κ1) is 17.0. The van der Waals surface area contributed by atoms with E-state index < -0.39 is 8.32 Å². The predicted octanol–water partition coefficient (Wildman–Crippen LogP) is 5.13. The van der Waals surface area contributed by atoms with E-state index in [-0.39, 0.29) is 5.04 Å². The van der Waals surface area contributed by atoms with Crippen molar-refractivity contribution in [3.05, 3.63) is 48.2 Å². The van der Waals surface area contributed by atoms with Crippen molar-refractivity contribution in [1.82, 2.24) is 0 Å². The smallest absolute Gasteiger partial charge is 0.249 e. The van der Waals surface area contributed by atoms with Crippen LogP contribution in [0.2, 0.25) is 18.1 Å². The number of hydrogen-bond donors (Lipinski definition) is 0. The number of ether oxygens (including phenoxy) is 1. The number of rotatable bonds is 7. The zero-order valence-corrected chi connectivity index (χ0v) is 14.5. The summed E-state index contributed by atoms with van der Waals surface area (Å²) in [6.45, 7) is 12.7. The molecule has 0 atom stereocenters. The van der Waals surface area contributed by atoms with Gasteiger partial charge in [-0.15, -0.1) is 0 Å². The molecule has 0 aliphatic carbocycles. The van der Waals surface area contributed by atoms with Gasteiger partial charge in [0.1, 0.15) is 0 Å². The van der Waals surface area contributed by atoms with Gasteiger partial charge in [0.15, 0.2) is 0 Å². The van der Waals surface area contributed by atoms with E-state index in [9.17, 15) is 0 Å². The predicted molar refractivity (Wildman–Crippen MR) is 88.1 cm³/mol. The normalized spacial score (nSPS) is 12.8. The van der Waals surface area contributed by atoms with Crippen LogP contribution in [0.1, 0.15) is 32.8 Å². The molecule has 1 aromatic carbocycles. The summed E-state index contributed by atoms with van der Waals surface area (Å²) < 4.78 is 11.6. The SMILES string of the molecule is CC(C)(C)[Si](C)(C)O/C=C/CCOCc1ccccc1. The van der Waals surface area contributed by atoms with Crippen molar-refractivity contribution in [3.63, 3.8) is 0 Å². The second-order valence-corrected chi connectivity index (χ2v) is 11.3. The van der Waals surface area contributed by atoms with Crippen LogP contribution in [0.15, 0.2) is 42.7 Å². The zero-order chi connectivity index (χ0) is 15.1. The lowest BCUT2D eigenvalue weighted by Gasteiger charge is -2.34. The highest BCUT2D eigenvalue weighted by Gasteiger charge is 2.37. The fourth-order valence-electron chi connectivity index (χ4n) is 1.38. The van der Waals surface area contributed by atoms with Gasteiger partial charge >= 0.3 is 0 Å². The minimum Gasteiger partial charge on any atom is -0.549 e. The van der Waals surface area contributed by atoms with Crippen LogP contribution in [-0.2, 0) is 15.8 Å². The second kappa shape index (κ2) is 7.65. The van der Waals surface area contributed by atoms with Gasteiger partial charge in [-0.1, -0.05) is 51.1 Å². The molecule has 0 aliphatic heterocycles. The summed E-state index contributed by atoms with van der Waals surface area (Å²) in [6, 6.07) is 10.2. The van der Waals surface area contributed by atoms with Crippen molar-refractivity contribution in [2.45, 2.75) is 51.9 Å². The van der Waals surface area contributed by atoms with Crippen LogP contribution in [-0.4, -0.2) is 14.9 Å². The first-order valence-electron chi connectivity index (χ1n) is 7.27. The van der Waals surface area contributed by atoms with Crippen LogP contribution in [0.25, 0.3) is 0 Å². The van der Waals surface area contributed by atoms with E-state index in [0.29, 0.717) is 6.61 Å². The summed E-state index contributed by atoms with van der Waals surface area (Å²) in [5.74, 6) is 0. The van der Waals surface area contributed by atoms with Gasteiger partial charge in [-0.3, -0.25) is 0 Å². The fraction of sp³-hybridized carbons (Fsp3) is 0.529. The lowest BCUT2D eigenvalue weighted by Crippen LogP contribution is -2.39. The summed E-state index contributed by atoms with van der Waals surface area (Å²) in [5.41, 5.74) is 1.22. The first-order chi connectivity index (χ1) is 9.33. The standard InChI is InChI=1S/C17H28O2Si/c1-17(2,3)20(4,5)19-14-10-9-13-18-15-16-11-7-6-8-12-16/h6-8,10-12,14H,9,13,15H2,1-5H3/b14-10+. The molecule has 0 saturated heterocycles.